The standard InChI is InChI=1S/C26H32N4O4/c1-17(28-15-23(32)21-9-10-25(27)29-14-21)11-18-5-3-7-20(12-18)26(34)30(2)16-24(33)19-6-4-8-22(31)13-19/h3-10,12-14,17,23-24,28,31-33H,11,15-16H2,1-2H3,(H2,27,29)/t17-,23+,24?/m1/s1. The number of phenolic OH excluding ortho intramolecular Hbond substituents is 1. The number of aliphatic hydroxyl groups excluding tert-OH is 2. The molecule has 1 unspecified atom stereocenters. The molecule has 0 aliphatic rings. The Morgan fingerprint density at radius 3 is 2.53 bits per heavy atom. The monoisotopic (exact) mass is 464 g/mol. The molecule has 0 spiro atoms. The van der Waals surface area contributed by atoms with E-state index >= 15 is 0 Å². The number of nitrogens with zero attached hydrogens (tertiary/aromatic N) is 2. The van der Waals surface area contributed by atoms with Crippen molar-refractivity contribution in [2.45, 2.75) is 31.6 Å². The van der Waals surface area contributed by atoms with E-state index < -0.39 is 12.2 Å². The Kier molecular flexibility index (Phi) is 8.59. The van der Waals surface area contributed by atoms with E-state index in [9.17, 15) is 20.1 Å². The van der Waals surface area contributed by atoms with Gasteiger partial charge in [-0.3, -0.25) is 4.79 Å². The van der Waals surface area contributed by atoms with Crippen molar-refractivity contribution in [3.63, 3.8) is 0 Å². The molecule has 0 saturated heterocycles. The average molecular weight is 465 g/mol. The molecule has 0 radical (unpaired) electrons. The molecule has 3 atom stereocenters. The first-order valence-electron chi connectivity index (χ1n) is 11.2. The van der Waals surface area contributed by atoms with Crippen LogP contribution in [0.25, 0.3) is 0 Å². The smallest absolute Gasteiger partial charge is 0.253 e. The minimum absolute atomic E-state index is 0.0621. The summed E-state index contributed by atoms with van der Waals surface area (Å²) in [6.45, 7) is 2.48. The number of aromatic hydroxyl groups is 1. The molecular formula is C26H32N4O4. The Labute approximate surface area is 199 Å². The number of carbonyl (C=O) groups is 1. The lowest BCUT2D eigenvalue weighted by Gasteiger charge is -2.22. The number of aliphatic hydroxyl groups is 2. The van der Waals surface area contributed by atoms with Crippen molar-refractivity contribution in [1.82, 2.24) is 15.2 Å². The molecule has 34 heavy (non-hydrogen) atoms. The molecule has 0 saturated carbocycles. The number of pyridine rings is 1. The summed E-state index contributed by atoms with van der Waals surface area (Å²) in [5.74, 6) is 0.276. The number of hydrogen-bond acceptors (Lipinski definition) is 7. The minimum Gasteiger partial charge on any atom is -0.508 e. The zero-order valence-corrected chi connectivity index (χ0v) is 19.4. The van der Waals surface area contributed by atoms with Gasteiger partial charge in [0.05, 0.1) is 18.8 Å². The quantitative estimate of drug-likeness (QED) is 0.311. The number of nitrogens with two attached hydrogens (primary N) is 1. The van der Waals surface area contributed by atoms with Crippen molar-refractivity contribution in [3.8, 4) is 5.75 Å². The van der Waals surface area contributed by atoms with E-state index in [1.165, 1.54) is 17.0 Å². The highest BCUT2D eigenvalue weighted by molar-refractivity contribution is 5.94. The minimum atomic E-state index is -0.906. The predicted molar refractivity (Wildman–Crippen MR) is 131 cm³/mol. The van der Waals surface area contributed by atoms with Gasteiger partial charge in [-0.15, -0.1) is 0 Å². The van der Waals surface area contributed by atoms with Gasteiger partial charge in [-0.05, 0) is 54.8 Å². The maximum atomic E-state index is 12.9. The summed E-state index contributed by atoms with van der Waals surface area (Å²) in [5.41, 5.74) is 8.34. The molecule has 1 aromatic heterocycles. The second kappa shape index (κ2) is 11.6. The summed E-state index contributed by atoms with van der Waals surface area (Å²) in [4.78, 5) is 18.4. The van der Waals surface area contributed by atoms with Crippen LogP contribution in [0, 0.1) is 0 Å². The third-order valence-corrected chi connectivity index (χ3v) is 5.62. The summed E-state index contributed by atoms with van der Waals surface area (Å²) in [6.07, 6.45) is 0.630. The van der Waals surface area contributed by atoms with Crippen molar-refractivity contribution in [3.05, 3.63) is 89.1 Å². The number of aromatic nitrogens is 1. The van der Waals surface area contributed by atoms with E-state index in [4.69, 9.17) is 5.73 Å². The molecule has 0 fully saturated rings. The van der Waals surface area contributed by atoms with Crippen molar-refractivity contribution < 1.29 is 20.1 Å². The average Bonchev–Trinajstić information content (AvgIpc) is 2.82. The number of nitrogen functional groups attached to an aromatic ring is 1. The third-order valence-electron chi connectivity index (χ3n) is 5.62. The van der Waals surface area contributed by atoms with Gasteiger partial charge in [0.15, 0.2) is 0 Å². The topological polar surface area (TPSA) is 132 Å². The van der Waals surface area contributed by atoms with Crippen LogP contribution in [-0.4, -0.2) is 57.3 Å². The lowest BCUT2D eigenvalue weighted by Crippen LogP contribution is -2.32. The number of hydrogen-bond donors (Lipinski definition) is 5. The van der Waals surface area contributed by atoms with Crippen molar-refractivity contribution in [2.75, 3.05) is 25.9 Å². The summed E-state index contributed by atoms with van der Waals surface area (Å²) in [6, 6.07) is 17.2. The SMILES string of the molecule is C[C@H](Cc1cccc(C(=O)N(C)CC(O)c2cccc(O)c2)c1)NC[C@H](O)c1ccc(N)nc1. The summed E-state index contributed by atoms with van der Waals surface area (Å²) >= 11 is 0. The Morgan fingerprint density at radius 2 is 1.82 bits per heavy atom. The number of carbonyl (C=O) groups excluding carboxylic acids is 1. The first-order valence-corrected chi connectivity index (χ1v) is 11.2. The number of likely N-dealkylation sites (N-methyl/N-ethyl adjacent to an activating group) is 1. The Morgan fingerprint density at radius 1 is 1.06 bits per heavy atom. The van der Waals surface area contributed by atoms with E-state index in [1.807, 2.05) is 25.1 Å². The molecule has 180 valence electrons. The number of benzene rings is 2. The van der Waals surface area contributed by atoms with Crippen molar-refractivity contribution in [1.29, 1.82) is 0 Å². The Hall–Kier alpha value is -3.46. The molecule has 1 amide bonds. The fourth-order valence-corrected chi connectivity index (χ4v) is 3.70. The highest BCUT2D eigenvalue weighted by atomic mass is 16.3. The summed E-state index contributed by atoms with van der Waals surface area (Å²) in [5, 5.41) is 33.7. The van der Waals surface area contributed by atoms with E-state index in [2.05, 4.69) is 10.3 Å². The first kappa shape index (κ1) is 25.2. The zero-order valence-electron chi connectivity index (χ0n) is 19.4. The Balaban J connectivity index is 1.54. The predicted octanol–water partition coefficient (Wildman–Crippen LogP) is 2.43. The lowest BCUT2D eigenvalue weighted by atomic mass is 10.0. The second-order valence-corrected chi connectivity index (χ2v) is 8.54. The Bertz CT molecular complexity index is 1090. The number of phenols is 1. The third kappa shape index (κ3) is 7.02. The van der Waals surface area contributed by atoms with Crippen LogP contribution in [-0.2, 0) is 6.42 Å². The molecule has 0 aliphatic carbocycles. The number of amides is 1. The van der Waals surface area contributed by atoms with Gasteiger partial charge in [-0.25, -0.2) is 4.98 Å². The maximum Gasteiger partial charge on any atom is 0.253 e. The van der Waals surface area contributed by atoms with Gasteiger partial charge in [-0.2, -0.15) is 0 Å². The van der Waals surface area contributed by atoms with Gasteiger partial charge in [0.2, 0.25) is 0 Å². The van der Waals surface area contributed by atoms with Crippen LogP contribution >= 0.6 is 0 Å². The van der Waals surface area contributed by atoms with Gasteiger partial charge in [-0.1, -0.05) is 30.3 Å². The molecular weight excluding hydrogens is 432 g/mol. The van der Waals surface area contributed by atoms with Crippen LogP contribution in [0.1, 0.15) is 46.2 Å². The molecule has 0 bridgehead atoms. The summed E-state index contributed by atoms with van der Waals surface area (Å²) < 4.78 is 0. The van der Waals surface area contributed by atoms with Crippen LogP contribution in [0.5, 0.6) is 5.75 Å². The van der Waals surface area contributed by atoms with Gasteiger partial charge in [0, 0.05) is 37.0 Å². The zero-order chi connectivity index (χ0) is 24.7. The van der Waals surface area contributed by atoms with Crippen LogP contribution in [0.2, 0.25) is 0 Å². The molecule has 2 aromatic carbocycles. The first-order chi connectivity index (χ1) is 16.2. The second-order valence-electron chi connectivity index (χ2n) is 8.54. The largest absolute Gasteiger partial charge is 0.508 e. The van der Waals surface area contributed by atoms with Crippen LogP contribution in [0.4, 0.5) is 5.82 Å². The van der Waals surface area contributed by atoms with Crippen LogP contribution in [0.15, 0.2) is 66.9 Å². The van der Waals surface area contributed by atoms with Crippen molar-refractivity contribution in [2.24, 2.45) is 0 Å². The van der Waals surface area contributed by atoms with Gasteiger partial charge < -0.3 is 31.3 Å². The lowest BCUT2D eigenvalue weighted by molar-refractivity contribution is 0.0680. The fourth-order valence-electron chi connectivity index (χ4n) is 3.70. The number of rotatable bonds is 10. The van der Waals surface area contributed by atoms with E-state index in [-0.39, 0.29) is 24.2 Å². The highest BCUT2D eigenvalue weighted by Crippen LogP contribution is 2.20. The van der Waals surface area contributed by atoms with Gasteiger partial charge >= 0.3 is 0 Å². The highest BCUT2D eigenvalue weighted by Gasteiger charge is 2.18. The number of anilines is 1. The van der Waals surface area contributed by atoms with Gasteiger partial charge in [0.25, 0.3) is 5.91 Å². The molecule has 0 aliphatic heterocycles. The molecule has 1 heterocycles. The summed E-state index contributed by atoms with van der Waals surface area (Å²) in [7, 11) is 1.64. The molecule has 8 nitrogen and oxygen atoms in total. The van der Waals surface area contributed by atoms with E-state index in [1.54, 1.807) is 43.6 Å². The van der Waals surface area contributed by atoms with Crippen molar-refractivity contribution >= 4 is 11.7 Å². The molecule has 6 N–H and O–H groups in total. The van der Waals surface area contributed by atoms with E-state index in [0.717, 1.165) is 5.56 Å². The molecule has 8 heteroatoms. The number of nitrogens with one attached hydrogen (secondary N) is 1. The van der Waals surface area contributed by atoms with Crippen LogP contribution in [0.3, 0.4) is 0 Å². The maximum absolute atomic E-state index is 12.9. The van der Waals surface area contributed by atoms with Crippen LogP contribution < -0.4 is 11.1 Å². The molecule has 3 rings (SSSR count). The molecule has 3 aromatic rings. The van der Waals surface area contributed by atoms with Gasteiger partial charge in [0.1, 0.15) is 11.6 Å². The van der Waals surface area contributed by atoms with E-state index in [0.29, 0.717) is 35.5 Å². The fraction of sp³-hybridized carbons (Fsp3) is 0.308. The normalized spacial score (nSPS) is 13.8.